The Hall–Kier alpha value is -1.44. The van der Waals surface area contributed by atoms with Crippen LogP contribution in [0.15, 0.2) is 34.7 Å². The maximum atomic E-state index is 13.3. The largest absolute Gasteiger partial charge is 0.356 e. The molecular weight excluding hydrogens is 403 g/mol. The van der Waals surface area contributed by atoms with E-state index in [4.69, 9.17) is 11.6 Å². The highest BCUT2D eigenvalue weighted by molar-refractivity contribution is 7.89. The predicted molar refractivity (Wildman–Crippen MR) is 107 cm³/mol. The van der Waals surface area contributed by atoms with Crippen molar-refractivity contribution in [3.05, 3.63) is 40.7 Å². The van der Waals surface area contributed by atoms with Crippen molar-refractivity contribution in [1.29, 1.82) is 0 Å². The average molecular weight is 429 g/mol. The molecule has 1 aliphatic carbocycles. The topological polar surface area (TPSA) is 66.5 Å². The third-order valence-corrected chi connectivity index (χ3v) is 7.67. The maximum Gasteiger partial charge on any atom is 0.243 e. The Bertz CT molecular complexity index is 849. The number of nitrogens with one attached hydrogen (secondary N) is 1. The summed E-state index contributed by atoms with van der Waals surface area (Å²) in [6, 6.07) is 3.40. The van der Waals surface area contributed by atoms with E-state index >= 15 is 0 Å². The SMILES string of the molecule is O=C(NCCC1=CCCCC1)C1CCN(S(=O)(=O)c2ccc(F)c(Cl)c2)CC1. The van der Waals surface area contributed by atoms with E-state index in [1.165, 1.54) is 28.8 Å². The highest BCUT2D eigenvalue weighted by Gasteiger charge is 2.32. The molecule has 0 atom stereocenters. The van der Waals surface area contributed by atoms with E-state index in [-0.39, 0.29) is 34.8 Å². The van der Waals surface area contributed by atoms with E-state index in [2.05, 4.69) is 11.4 Å². The Morgan fingerprint density at radius 1 is 1.25 bits per heavy atom. The highest BCUT2D eigenvalue weighted by atomic mass is 35.5. The number of amides is 1. The van der Waals surface area contributed by atoms with E-state index in [1.807, 2.05) is 0 Å². The molecular formula is C20H26ClFN2O3S. The van der Waals surface area contributed by atoms with Gasteiger partial charge in [0.05, 0.1) is 9.92 Å². The van der Waals surface area contributed by atoms with Crippen LogP contribution in [0.1, 0.15) is 44.9 Å². The molecule has 1 aromatic rings. The first kappa shape index (κ1) is 21.3. The number of hydrogen-bond acceptors (Lipinski definition) is 3. The molecule has 8 heteroatoms. The first-order valence-electron chi connectivity index (χ1n) is 9.79. The van der Waals surface area contributed by atoms with Gasteiger partial charge >= 0.3 is 0 Å². The number of nitrogens with zero attached hydrogens (tertiary/aromatic N) is 1. The highest BCUT2D eigenvalue weighted by Crippen LogP contribution is 2.26. The van der Waals surface area contributed by atoms with Gasteiger partial charge in [-0.1, -0.05) is 23.3 Å². The number of benzene rings is 1. The molecule has 154 valence electrons. The van der Waals surface area contributed by atoms with Gasteiger partial charge in [-0.05, 0) is 63.1 Å². The van der Waals surface area contributed by atoms with E-state index in [1.54, 1.807) is 0 Å². The second-order valence-corrected chi connectivity index (χ2v) is 9.75. The van der Waals surface area contributed by atoms with Crippen molar-refractivity contribution in [2.75, 3.05) is 19.6 Å². The number of carbonyl (C=O) groups excluding carboxylic acids is 1. The lowest BCUT2D eigenvalue weighted by Crippen LogP contribution is -2.43. The molecule has 0 aromatic heterocycles. The standard InChI is InChI=1S/C20H26ClFN2O3S/c21-18-14-17(6-7-19(18)22)28(26,27)24-12-9-16(10-13-24)20(25)23-11-8-15-4-2-1-3-5-15/h4,6-7,14,16H,1-3,5,8-13H2,(H,23,25). The summed E-state index contributed by atoms with van der Waals surface area (Å²) in [5.74, 6) is -0.832. The van der Waals surface area contributed by atoms with Crippen molar-refractivity contribution in [2.24, 2.45) is 5.92 Å². The van der Waals surface area contributed by atoms with Gasteiger partial charge in [0.15, 0.2) is 0 Å². The molecule has 1 fully saturated rings. The van der Waals surface area contributed by atoms with Crippen LogP contribution in [0.5, 0.6) is 0 Å². The van der Waals surface area contributed by atoms with Crippen LogP contribution in [0.25, 0.3) is 0 Å². The summed E-state index contributed by atoms with van der Waals surface area (Å²) in [5.41, 5.74) is 1.42. The van der Waals surface area contributed by atoms with Gasteiger partial charge in [0.25, 0.3) is 0 Å². The van der Waals surface area contributed by atoms with Gasteiger partial charge in [0, 0.05) is 25.6 Å². The first-order chi connectivity index (χ1) is 13.4. The number of sulfonamides is 1. The Labute approximate surface area is 171 Å². The lowest BCUT2D eigenvalue weighted by Gasteiger charge is -2.30. The van der Waals surface area contributed by atoms with Crippen LogP contribution in [-0.4, -0.2) is 38.3 Å². The third kappa shape index (κ3) is 5.13. The fourth-order valence-electron chi connectivity index (χ4n) is 3.77. The molecule has 0 radical (unpaired) electrons. The van der Waals surface area contributed by atoms with Crippen LogP contribution >= 0.6 is 11.6 Å². The molecule has 28 heavy (non-hydrogen) atoms. The third-order valence-electron chi connectivity index (χ3n) is 5.48. The first-order valence-corrected chi connectivity index (χ1v) is 11.6. The monoisotopic (exact) mass is 428 g/mol. The lowest BCUT2D eigenvalue weighted by atomic mass is 9.96. The zero-order valence-corrected chi connectivity index (χ0v) is 17.4. The van der Waals surface area contributed by atoms with Gasteiger partial charge < -0.3 is 5.32 Å². The molecule has 1 amide bonds. The van der Waals surface area contributed by atoms with Gasteiger partial charge in [-0.3, -0.25) is 4.79 Å². The molecule has 3 rings (SSSR count). The van der Waals surface area contributed by atoms with Gasteiger partial charge in [-0.15, -0.1) is 0 Å². The zero-order valence-electron chi connectivity index (χ0n) is 15.8. The molecule has 5 nitrogen and oxygen atoms in total. The summed E-state index contributed by atoms with van der Waals surface area (Å²) in [6.45, 7) is 1.17. The van der Waals surface area contributed by atoms with Gasteiger partial charge in [-0.2, -0.15) is 4.31 Å². The Morgan fingerprint density at radius 3 is 2.64 bits per heavy atom. The number of halogens is 2. The second-order valence-electron chi connectivity index (χ2n) is 7.40. The van der Waals surface area contributed by atoms with E-state index in [0.717, 1.165) is 31.4 Å². The molecule has 0 spiro atoms. The second kappa shape index (κ2) is 9.37. The number of allylic oxidation sites excluding steroid dienone is 1. The zero-order chi connectivity index (χ0) is 20.1. The molecule has 2 aliphatic rings. The quantitative estimate of drug-likeness (QED) is 0.699. The van der Waals surface area contributed by atoms with E-state index < -0.39 is 15.8 Å². The molecule has 1 heterocycles. The normalized spacial score (nSPS) is 19.3. The summed E-state index contributed by atoms with van der Waals surface area (Å²) in [7, 11) is -3.74. The molecule has 1 aliphatic heterocycles. The summed E-state index contributed by atoms with van der Waals surface area (Å²) >= 11 is 5.71. The minimum Gasteiger partial charge on any atom is -0.356 e. The predicted octanol–water partition coefficient (Wildman–Crippen LogP) is 3.89. The lowest BCUT2D eigenvalue weighted by molar-refractivity contribution is -0.126. The Morgan fingerprint density at radius 2 is 2.00 bits per heavy atom. The van der Waals surface area contributed by atoms with Crippen LogP contribution in [0.3, 0.4) is 0 Å². The molecule has 0 unspecified atom stereocenters. The number of carbonyl (C=O) groups is 1. The van der Waals surface area contributed by atoms with Gasteiger partial charge in [0.1, 0.15) is 5.82 Å². The van der Waals surface area contributed by atoms with Crippen LogP contribution in [0.4, 0.5) is 4.39 Å². The van der Waals surface area contributed by atoms with Crippen LogP contribution in [0.2, 0.25) is 5.02 Å². The summed E-state index contributed by atoms with van der Waals surface area (Å²) in [5, 5.41) is 2.77. The summed E-state index contributed by atoms with van der Waals surface area (Å²) < 4.78 is 40.1. The average Bonchev–Trinajstić information content (AvgIpc) is 2.71. The molecule has 0 saturated carbocycles. The minimum absolute atomic E-state index is 0.00159. The van der Waals surface area contributed by atoms with Crippen molar-refractivity contribution < 1.29 is 17.6 Å². The summed E-state index contributed by atoms with van der Waals surface area (Å²) in [4.78, 5) is 12.4. The van der Waals surface area contributed by atoms with Crippen molar-refractivity contribution in [1.82, 2.24) is 9.62 Å². The van der Waals surface area contributed by atoms with Crippen LogP contribution in [-0.2, 0) is 14.8 Å². The molecule has 1 aromatic carbocycles. The number of rotatable bonds is 6. The smallest absolute Gasteiger partial charge is 0.243 e. The van der Waals surface area contributed by atoms with Crippen molar-refractivity contribution >= 4 is 27.5 Å². The van der Waals surface area contributed by atoms with Crippen LogP contribution in [0, 0.1) is 11.7 Å². The fraction of sp³-hybridized carbons (Fsp3) is 0.550. The van der Waals surface area contributed by atoms with Crippen molar-refractivity contribution in [2.45, 2.75) is 49.8 Å². The van der Waals surface area contributed by atoms with Crippen molar-refractivity contribution in [3.8, 4) is 0 Å². The fourth-order valence-corrected chi connectivity index (χ4v) is 5.51. The molecule has 1 N–H and O–H groups in total. The molecule has 1 saturated heterocycles. The van der Waals surface area contributed by atoms with Crippen molar-refractivity contribution in [3.63, 3.8) is 0 Å². The summed E-state index contributed by atoms with van der Waals surface area (Å²) in [6.07, 6.45) is 8.86. The van der Waals surface area contributed by atoms with Crippen LogP contribution < -0.4 is 5.32 Å². The van der Waals surface area contributed by atoms with Gasteiger partial charge in [-0.25, -0.2) is 12.8 Å². The maximum absolute atomic E-state index is 13.3. The van der Waals surface area contributed by atoms with Gasteiger partial charge in [0.2, 0.25) is 15.9 Å². The van der Waals surface area contributed by atoms with E-state index in [9.17, 15) is 17.6 Å². The number of hydrogen-bond donors (Lipinski definition) is 1. The molecule has 0 bridgehead atoms. The minimum atomic E-state index is -3.74. The van der Waals surface area contributed by atoms with E-state index in [0.29, 0.717) is 19.4 Å². The Balaban J connectivity index is 1.49. The number of piperidine rings is 1. The Kier molecular flexibility index (Phi) is 7.12.